The zero-order chi connectivity index (χ0) is 17.4. The van der Waals surface area contributed by atoms with Crippen molar-refractivity contribution in [1.82, 2.24) is 10.9 Å². The molecule has 0 aliphatic heterocycles. The molecule has 0 radical (unpaired) electrons. The Bertz CT molecular complexity index is 536. The maximum absolute atomic E-state index is 11.9. The van der Waals surface area contributed by atoms with Crippen LogP contribution in [0.3, 0.4) is 0 Å². The van der Waals surface area contributed by atoms with Gasteiger partial charge in [-0.3, -0.25) is 20.4 Å². The first-order chi connectivity index (χ1) is 11.6. The maximum atomic E-state index is 11.9. The van der Waals surface area contributed by atoms with E-state index >= 15 is 0 Å². The molecule has 0 bridgehead atoms. The van der Waals surface area contributed by atoms with Gasteiger partial charge in [-0.25, -0.2) is 0 Å². The number of carbonyl (C=O) groups excluding carboxylic acids is 2. The van der Waals surface area contributed by atoms with Crippen LogP contribution >= 0.6 is 0 Å². The van der Waals surface area contributed by atoms with Gasteiger partial charge in [0, 0.05) is 5.92 Å². The molecule has 0 unspecified atom stereocenters. The summed E-state index contributed by atoms with van der Waals surface area (Å²) in [5, 5.41) is 0. The summed E-state index contributed by atoms with van der Waals surface area (Å²) in [6.45, 7) is 4.22. The first kappa shape index (κ1) is 18.3. The molecule has 24 heavy (non-hydrogen) atoms. The molecule has 1 atom stereocenters. The summed E-state index contributed by atoms with van der Waals surface area (Å²) in [4.78, 5) is 23.7. The number of ether oxygens (including phenoxy) is 1. The third-order valence-corrected chi connectivity index (χ3v) is 4.73. The first-order valence-corrected chi connectivity index (χ1v) is 8.91. The third-order valence-electron chi connectivity index (χ3n) is 4.73. The average molecular weight is 332 g/mol. The SMILES string of the molecule is CC[C@@H](C)c1ccc(OCC(=O)NNC(=O)C2CCCCC2)cc1. The van der Waals surface area contributed by atoms with E-state index in [0.717, 1.165) is 32.1 Å². The van der Waals surface area contributed by atoms with Gasteiger partial charge >= 0.3 is 0 Å². The summed E-state index contributed by atoms with van der Waals surface area (Å²) >= 11 is 0. The van der Waals surface area contributed by atoms with Gasteiger partial charge in [0.2, 0.25) is 5.91 Å². The van der Waals surface area contributed by atoms with E-state index < -0.39 is 0 Å². The summed E-state index contributed by atoms with van der Waals surface area (Å²) in [5.41, 5.74) is 6.19. The molecule has 1 aliphatic carbocycles. The standard InChI is InChI=1S/C19H28N2O3/c1-3-14(2)15-9-11-17(12-10-15)24-13-18(22)20-21-19(23)16-7-5-4-6-8-16/h9-12,14,16H,3-8,13H2,1-2H3,(H,20,22)(H,21,23)/t14-/m1/s1. The van der Waals surface area contributed by atoms with Crippen LogP contribution in [-0.2, 0) is 9.59 Å². The lowest BCUT2D eigenvalue weighted by molar-refractivity contribution is -0.132. The number of hydrogen-bond donors (Lipinski definition) is 2. The van der Waals surface area contributed by atoms with Crippen molar-refractivity contribution in [2.45, 2.75) is 58.3 Å². The summed E-state index contributed by atoms with van der Waals surface area (Å²) in [6.07, 6.45) is 6.26. The molecule has 1 aliphatic rings. The number of amides is 2. The van der Waals surface area contributed by atoms with Crippen molar-refractivity contribution in [3.05, 3.63) is 29.8 Å². The van der Waals surface area contributed by atoms with Crippen LogP contribution in [0.4, 0.5) is 0 Å². The molecule has 0 saturated heterocycles. The van der Waals surface area contributed by atoms with Crippen molar-refractivity contribution in [2.24, 2.45) is 5.92 Å². The second-order valence-electron chi connectivity index (χ2n) is 6.54. The molecule has 2 N–H and O–H groups in total. The highest BCUT2D eigenvalue weighted by molar-refractivity contribution is 5.84. The lowest BCUT2D eigenvalue weighted by atomic mass is 9.89. The van der Waals surface area contributed by atoms with Crippen molar-refractivity contribution in [2.75, 3.05) is 6.61 Å². The van der Waals surface area contributed by atoms with Crippen LogP contribution in [0.25, 0.3) is 0 Å². The smallest absolute Gasteiger partial charge is 0.276 e. The van der Waals surface area contributed by atoms with Crippen LogP contribution in [0.15, 0.2) is 24.3 Å². The fourth-order valence-electron chi connectivity index (χ4n) is 2.91. The van der Waals surface area contributed by atoms with Gasteiger partial charge in [0.05, 0.1) is 0 Å². The van der Waals surface area contributed by atoms with Gasteiger partial charge in [-0.15, -0.1) is 0 Å². The molecule has 1 saturated carbocycles. The van der Waals surface area contributed by atoms with Gasteiger partial charge < -0.3 is 4.74 Å². The summed E-state index contributed by atoms with van der Waals surface area (Å²) < 4.78 is 5.45. The minimum Gasteiger partial charge on any atom is -0.484 e. The predicted octanol–water partition coefficient (Wildman–Crippen LogP) is 3.31. The van der Waals surface area contributed by atoms with Gasteiger partial charge in [-0.1, -0.05) is 45.2 Å². The van der Waals surface area contributed by atoms with E-state index in [9.17, 15) is 9.59 Å². The lowest BCUT2D eigenvalue weighted by Gasteiger charge is -2.20. The Hall–Kier alpha value is -2.04. The van der Waals surface area contributed by atoms with Crippen molar-refractivity contribution >= 4 is 11.8 Å². The van der Waals surface area contributed by atoms with Crippen molar-refractivity contribution in [1.29, 1.82) is 0 Å². The van der Waals surface area contributed by atoms with Crippen LogP contribution in [0.2, 0.25) is 0 Å². The number of hydrazine groups is 1. The molecule has 2 rings (SSSR count). The number of carbonyl (C=O) groups is 2. The van der Waals surface area contributed by atoms with Gasteiger partial charge in [-0.2, -0.15) is 0 Å². The van der Waals surface area contributed by atoms with Gasteiger partial charge in [0.15, 0.2) is 6.61 Å². The number of hydrogen-bond acceptors (Lipinski definition) is 3. The molecule has 2 amide bonds. The highest BCUT2D eigenvalue weighted by atomic mass is 16.5. The third kappa shape index (κ3) is 5.55. The fraction of sp³-hybridized carbons (Fsp3) is 0.579. The normalized spacial score (nSPS) is 16.2. The minimum atomic E-state index is -0.356. The Kier molecular flexibility index (Phi) is 7.09. The van der Waals surface area contributed by atoms with Crippen LogP contribution < -0.4 is 15.6 Å². The van der Waals surface area contributed by atoms with Crippen molar-refractivity contribution in [3.63, 3.8) is 0 Å². The topological polar surface area (TPSA) is 67.4 Å². The van der Waals surface area contributed by atoms with Gasteiger partial charge in [0.25, 0.3) is 5.91 Å². The highest BCUT2D eigenvalue weighted by Crippen LogP contribution is 2.23. The van der Waals surface area contributed by atoms with E-state index in [1.807, 2.05) is 24.3 Å². The molecule has 0 heterocycles. The van der Waals surface area contributed by atoms with E-state index in [-0.39, 0.29) is 24.3 Å². The highest BCUT2D eigenvalue weighted by Gasteiger charge is 2.21. The second kappa shape index (κ2) is 9.30. The monoisotopic (exact) mass is 332 g/mol. The van der Waals surface area contributed by atoms with Crippen molar-refractivity contribution in [3.8, 4) is 5.75 Å². The Morgan fingerprint density at radius 3 is 2.42 bits per heavy atom. The van der Waals surface area contributed by atoms with E-state index in [1.165, 1.54) is 12.0 Å². The lowest BCUT2D eigenvalue weighted by Crippen LogP contribution is -2.46. The fourth-order valence-corrected chi connectivity index (χ4v) is 2.91. The predicted molar refractivity (Wildman–Crippen MR) is 93.5 cm³/mol. The van der Waals surface area contributed by atoms with Crippen LogP contribution in [-0.4, -0.2) is 18.4 Å². The Morgan fingerprint density at radius 2 is 1.79 bits per heavy atom. The van der Waals surface area contributed by atoms with E-state index in [2.05, 4.69) is 24.7 Å². The molecular formula is C19H28N2O3. The number of benzene rings is 1. The molecule has 132 valence electrons. The zero-order valence-electron chi connectivity index (χ0n) is 14.6. The number of nitrogens with one attached hydrogen (secondary N) is 2. The van der Waals surface area contributed by atoms with Gasteiger partial charge in [-0.05, 0) is 42.9 Å². The second-order valence-corrected chi connectivity index (χ2v) is 6.54. The molecular weight excluding hydrogens is 304 g/mol. The summed E-state index contributed by atoms with van der Waals surface area (Å²) in [5.74, 6) is 0.729. The molecule has 5 nitrogen and oxygen atoms in total. The van der Waals surface area contributed by atoms with Crippen molar-refractivity contribution < 1.29 is 14.3 Å². The zero-order valence-corrected chi connectivity index (χ0v) is 14.6. The molecule has 5 heteroatoms. The summed E-state index contributed by atoms with van der Waals surface area (Å²) in [7, 11) is 0. The van der Waals surface area contributed by atoms with E-state index in [4.69, 9.17) is 4.74 Å². The summed E-state index contributed by atoms with van der Waals surface area (Å²) in [6, 6.07) is 7.78. The molecule has 0 spiro atoms. The number of rotatable bonds is 6. The minimum absolute atomic E-state index is 0.0214. The molecule has 1 aromatic carbocycles. The Balaban J connectivity index is 1.69. The average Bonchev–Trinajstić information content (AvgIpc) is 2.64. The molecule has 0 aromatic heterocycles. The van der Waals surface area contributed by atoms with Crippen LogP contribution in [0, 0.1) is 5.92 Å². The van der Waals surface area contributed by atoms with Gasteiger partial charge in [0.1, 0.15) is 5.75 Å². The molecule has 1 fully saturated rings. The van der Waals surface area contributed by atoms with E-state index in [1.54, 1.807) is 0 Å². The maximum Gasteiger partial charge on any atom is 0.276 e. The van der Waals surface area contributed by atoms with Crippen LogP contribution in [0.1, 0.15) is 63.9 Å². The Morgan fingerprint density at radius 1 is 1.12 bits per heavy atom. The molecule has 1 aromatic rings. The Labute approximate surface area is 144 Å². The first-order valence-electron chi connectivity index (χ1n) is 8.91. The van der Waals surface area contributed by atoms with Crippen LogP contribution in [0.5, 0.6) is 5.75 Å². The quantitative estimate of drug-likeness (QED) is 0.785. The van der Waals surface area contributed by atoms with E-state index in [0.29, 0.717) is 11.7 Å². The largest absolute Gasteiger partial charge is 0.484 e.